The maximum atomic E-state index is 13.5. The third-order valence-corrected chi connectivity index (χ3v) is 12.9. The Hall–Kier alpha value is -2.55. The molecule has 3 atom stereocenters. The van der Waals surface area contributed by atoms with Gasteiger partial charge in [0.25, 0.3) is 0 Å². The number of phosphoric ester groups is 1. The number of ether oxygens (including phenoxy) is 1. The molecular weight excluding hydrogens is 868 g/mol. The van der Waals surface area contributed by atoms with Crippen molar-refractivity contribution in [2.45, 2.75) is 245 Å². The zero-order chi connectivity index (χ0) is 50.1. The van der Waals surface area contributed by atoms with Crippen LogP contribution in [0.4, 0.5) is 0 Å². The number of carbonyl (C=O) groups excluding carboxylic acids is 2. The lowest BCUT2D eigenvalue weighted by Crippen LogP contribution is -2.47. The number of esters is 1. The van der Waals surface area contributed by atoms with Gasteiger partial charge < -0.3 is 19.4 Å². The molecular formula is C58H106N2O7P+. The molecule has 68 heavy (non-hydrogen) atoms. The standard InChI is InChI=1S/C58H105N2O7P/c1-7-10-13-16-19-22-25-28-30-33-36-39-42-45-48-51-58(62)67-56(49-46-43-40-37-34-31-27-24-21-18-15-12-9-3)55(54-66-68(63,64)65-53-52-60(4,5)6)59-57(61)50-47-44-41-38-35-32-29-26-23-20-17-14-11-8-2/h11,14,19-20,22-23,25,28-29,32,46,49,55-56H,7-10,12-13,15-18,21,24,26-27,30-31,33-45,47-48,50-54H2,1-6H3,(H-,59,61,63,64)/p+1/b14-11+,22-19+,23-20+,28-25+,32-29+,49-46+. The monoisotopic (exact) mass is 974 g/mol. The Morgan fingerprint density at radius 3 is 1.53 bits per heavy atom. The van der Waals surface area contributed by atoms with Crippen LogP contribution in [0.1, 0.15) is 233 Å². The van der Waals surface area contributed by atoms with Gasteiger partial charge in [-0.1, -0.05) is 203 Å². The molecule has 0 bridgehead atoms. The molecule has 0 aromatic rings. The molecule has 2 N–H and O–H groups in total. The molecule has 0 rings (SSSR count). The molecule has 0 aliphatic rings. The lowest BCUT2D eigenvalue weighted by molar-refractivity contribution is -0.870. The molecule has 0 saturated heterocycles. The Morgan fingerprint density at radius 1 is 0.544 bits per heavy atom. The maximum Gasteiger partial charge on any atom is 0.472 e. The highest BCUT2D eigenvalue weighted by Gasteiger charge is 2.30. The molecule has 0 aliphatic heterocycles. The number of hydrogen-bond donors (Lipinski definition) is 2. The van der Waals surface area contributed by atoms with Crippen LogP contribution in [0, 0.1) is 0 Å². The van der Waals surface area contributed by atoms with Gasteiger partial charge in [-0.2, -0.15) is 0 Å². The van der Waals surface area contributed by atoms with Gasteiger partial charge >= 0.3 is 13.8 Å². The van der Waals surface area contributed by atoms with Crippen molar-refractivity contribution in [3.8, 4) is 0 Å². The van der Waals surface area contributed by atoms with Crippen LogP contribution in [-0.2, 0) is 27.9 Å². The number of likely N-dealkylation sites (N-methyl/N-ethyl adjacent to an activating group) is 1. The summed E-state index contributed by atoms with van der Waals surface area (Å²) in [6.07, 6.45) is 60.3. The van der Waals surface area contributed by atoms with Crippen LogP contribution in [0.3, 0.4) is 0 Å². The molecule has 394 valence electrons. The van der Waals surface area contributed by atoms with Crippen molar-refractivity contribution in [1.82, 2.24) is 5.32 Å². The summed E-state index contributed by atoms with van der Waals surface area (Å²) in [5.74, 6) is -0.547. The zero-order valence-electron chi connectivity index (χ0n) is 44.8. The average molecular weight is 974 g/mol. The Kier molecular flexibility index (Phi) is 46.3. The highest BCUT2D eigenvalue weighted by atomic mass is 31.2. The molecule has 0 saturated carbocycles. The Morgan fingerprint density at radius 2 is 0.985 bits per heavy atom. The first-order chi connectivity index (χ1) is 32.9. The molecule has 1 amide bonds. The third-order valence-electron chi connectivity index (χ3n) is 11.9. The summed E-state index contributed by atoms with van der Waals surface area (Å²) < 4.78 is 30.6. The number of unbranched alkanes of at least 4 members (excludes halogenated alkanes) is 24. The van der Waals surface area contributed by atoms with Crippen LogP contribution >= 0.6 is 7.82 Å². The fourth-order valence-corrected chi connectivity index (χ4v) is 8.33. The van der Waals surface area contributed by atoms with E-state index in [1.807, 2.05) is 33.3 Å². The highest BCUT2D eigenvalue weighted by Crippen LogP contribution is 2.43. The van der Waals surface area contributed by atoms with Gasteiger partial charge in [-0.25, -0.2) is 4.57 Å². The summed E-state index contributed by atoms with van der Waals surface area (Å²) >= 11 is 0. The van der Waals surface area contributed by atoms with Gasteiger partial charge in [0.05, 0.1) is 33.8 Å². The van der Waals surface area contributed by atoms with E-state index < -0.39 is 20.0 Å². The molecule has 0 aromatic heterocycles. The smallest absolute Gasteiger partial charge is 0.456 e. The van der Waals surface area contributed by atoms with Crippen LogP contribution in [-0.4, -0.2) is 74.3 Å². The molecule has 0 heterocycles. The number of nitrogens with one attached hydrogen (secondary N) is 1. The number of rotatable bonds is 49. The van der Waals surface area contributed by atoms with Crippen LogP contribution in [0.2, 0.25) is 0 Å². The minimum absolute atomic E-state index is 0.0310. The highest BCUT2D eigenvalue weighted by molar-refractivity contribution is 7.47. The predicted molar refractivity (Wildman–Crippen MR) is 291 cm³/mol. The minimum atomic E-state index is -4.45. The van der Waals surface area contributed by atoms with E-state index in [9.17, 15) is 19.0 Å². The quantitative estimate of drug-likeness (QED) is 0.0156. The fraction of sp³-hybridized carbons (Fsp3) is 0.759. The number of nitrogens with zero attached hydrogens (tertiary/aromatic N) is 1. The van der Waals surface area contributed by atoms with Crippen LogP contribution < -0.4 is 5.32 Å². The van der Waals surface area contributed by atoms with Gasteiger partial charge in [0.2, 0.25) is 5.91 Å². The van der Waals surface area contributed by atoms with Crippen molar-refractivity contribution in [2.75, 3.05) is 40.9 Å². The second-order valence-electron chi connectivity index (χ2n) is 19.8. The normalized spacial score (nSPS) is 14.4. The van der Waals surface area contributed by atoms with Gasteiger partial charge in [0, 0.05) is 12.8 Å². The van der Waals surface area contributed by atoms with Gasteiger partial charge in [0.1, 0.15) is 19.3 Å². The fourth-order valence-electron chi connectivity index (χ4n) is 7.59. The van der Waals surface area contributed by atoms with Crippen molar-refractivity contribution in [3.63, 3.8) is 0 Å². The molecule has 0 radical (unpaired) electrons. The number of quaternary nitrogens is 1. The molecule has 9 nitrogen and oxygen atoms in total. The third kappa shape index (κ3) is 48.5. The molecule has 0 aromatic carbocycles. The number of phosphoric acid groups is 1. The van der Waals surface area contributed by atoms with E-state index in [0.717, 1.165) is 109 Å². The van der Waals surface area contributed by atoms with Gasteiger partial charge in [-0.3, -0.25) is 18.6 Å². The van der Waals surface area contributed by atoms with Crippen molar-refractivity contribution in [2.24, 2.45) is 0 Å². The van der Waals surface area contributed by atoms with E-state index in [-0.39, 0.29) is 31.5 Å². The Balaban J connectivity index is 5.46. The van der Waals surface area contributed by atoms with E-state index in [1.54, 1.807) is 0 Å². The molecule has 0 spiro atoms. The lowest BCUT2D eigenvalue weighted by Gasteiger charge is -2.27. The second-order valence-corrected chi connectivity index (χ2v) is 21.2. The molecule has 10 heteroatoms. The summed E-state index contributed by atoms with van der Waals surface area (Å²) in [4.78, 5) is 37.5. The Bertz CT molecular complexity index is 1400. The summed E-state index contributed by atoms with van der Waals surface area (Å²) in [6.45, 7) is 6.83. The first kappa shape index (κ1) is 65.5. The van der Waals surface area contributed by atoms with E-state index in [4.69, 9.17) is 13.8 Å². The minimum Gasteiger partial charge on any atom is -0.456 e. The van der Waals surface area contributed by atoms with Crippen molar-refractivity contribution < 1.29 is 37.3 Å². The molecule has 3 unspecified atom stereocenters. The van der Waals surface area contributed by atoms with E-state index in [0.29, 0.717) is 17.4 Å². The van der Waals surface area contributed by atoms with Crippen molar-refractivity contribution >= 4 is 19.7 Å². The van der Waals surface area contributed by atoms with Crippen LogP contribution in [0.25, 0.3) is 0 Å². The van der Waals surface area contributed by atoms with Gasteiger partial charge in [-0.05, 0) is 89.5 Å². The predicted octanol–water partition coefficient (Wildman–Crippen LogP) is 16.5. The number of amides is 1. The number of allylic oxidation sites excluding steroid dienone is 11. The van der Waals surface area contributed by atoms with Crippen LogP contribution in [0.15, 0.2) is 72.9 Å². The first-order valence-electron chi connectivity index (χ1n) is 27.8. The first-order valence-corrected chi connectivity index (χ1v) is 29.3. The van der Waals surface area contributed by atoms with E-state index >= 15 is 0 Å². The zero-order valence-corrected chi connectivity index (χ0v) is 45.7. The number of carbonyl (C=O) groups is 2. The summed E-state index contributed by atoms with van der Waals surface area (Å²) in [6, 6.07) is -0.866. The van der Waals surface area contributed by atoms with E-state index in [2.05, 4.69) is 86.8 Å². The molecule has 0 fully saturated rings. The summed E-state index contributed by atoms with van der Waals surface area (Å²) in [5, 5.41) is 3.03. The van der Waals surface area contributed by atoms with Gasteiger partial charge in [0.15, 0.2) is 0 Å². The Labute approximate surface area is 419 Å². The van der Waals surface area contributed by atoms with Crippen molar-refractivity contribution in [3.05, 3.63) is 72.9 Å². The van der Waals surface area contributed by atoms with Gasteiger partial charge in [-0.15, -0.1) is 0 Å². The largest absolute Gasteiger partial charge is 0.472 e. The molecule has 0 aliphatic carbocycles. The second kappa shape index (κ2) is 48.1. The summed E-state index contributed by atoms with van der Waals surface area (Å²) in [5.41, 5.74) is 0. The van der Waals surface area contributed by atoms with Crippen LogP contribution in [0.5, 0.6) is 0 Å². The van der Waals surface area contributed by atoms with E-state index in [1.165, 1.54) is 89.9 Å². The topological polar surface area (TPSA) is 111 Å². The SMILES string of the molecule is CC/C=C/C/C=C/C/C=C/CCCCCCC(=O)NC(COP(=O)(O)OCC[N+](C)(C)C)C(/C=C/CCCCCCCCCCCCC)OC(=O)CCCCCCCC/C=C/C=C/CCCCC. The lowest BCUT2D eigenvalue weighted by atomic mass is 10.0. The van der Waals surface area contributed by atoms with Crippen molar-refractivity contribution in [1.29, 1.82) is 0 Å². The summed E-state index contributed by atoms with van der Waals surface area (Å²) in [7, 11) is 1.46. The average Bonchev–Trinajstić information content (AvgIpc) is 3.29. The number of hydrogen-bond acceptors (Lipinski definition) is 6. The maximum absolute atomic E-state index is 13.5.